The topological polar surface area (TPSA) is 42.1 Å². The largest absolute Gasteiger partial charge is 0.465 e. The lowest BCUT2D eigenvalue weighted by molar-refractivity contribution is 0.0601. The first-order valence-corrected chi connectivity index (χ1v) is 10.2. The maximum atomic E-state index is 11.7. The summed E-state index contributed by atoms with van der Waals surface area (Å²) in [6.45, 7) is 0. The number of fused-ring (bicyclic) bond motifs is 1. The molecule has 0 unspecified atom stereocenters. The summed E-state index contributed by atoms with van der Waals surface area (Å²) in [5.41, 5.74) is 7.19. The Hall–Kier alpha value is -4.11. The van der Waals surface area contributed by atoms with Crippen molar-refractivity contribution < 1.29 is 9.53 Å². The van der Waals surface area contributed by atoms with Crippen LogP contribution in [0.5, 0.6) is 0 Å². The molecule has 1 N–H and O–H groups in total. The molecule has 3 nitrogen and oxygen atoms in total. The predicted octanol–water partition coefficient (Wildman–Crippen LogP) is 6.96. The summed E-state index contributed by atoms with van der Waals surface area (Å²) in [4.78, 5) is 15.2. The third-order valence-electron chi connectivity index (χ3n) is 5.58. The molecule has 0 saturated carbocycles. The number of H-pyrrole nitrogens is 1. The number of ether oxygens (including phenoxy) is 1. The van der Waals surface area contributed by atoms with E-state index in [9.17, 15) is 4.79 Å². The second-order valence-corrected chi connectivity index (χ2v) is 7.46. The molecule has 31 heavy (non-hydrogen) atoms. The smallest absolute Gasteiger partial charge is 0.337 e. The Balaban J connectivity index is 1.52. The fraction of sp³-hybridized carbons (Fsp3) is 0.0357. The number of carbonyl (C=O) groups is 1. The Kier molecular flexibility index (Phi) is 4.85. The van der Waals surface area contributed by atoms with Crippen LogP contribution in [0.25, 0.3) is 44.4 Å². The zero-order valence-corrected chi connectivity index (χ0v) is 17.1. The number of hydrogen-bond donors (Lipinski definition) is 1. The summed E-state index contributed by atoms with van der Waals surface area (Å²) in [6, 6.07) is 35.0. The van der Waals surface area contributed by atoms with Gasteiger partial charge in [0.1, 0.15) is 0 Å². The second-order valence-electron chi connectivity index (χ2n) is 7.46. The molecule has 0 radical (unpaired) electrons. The molecule has 0 aliphatic carbocycles. The Morgan fingerprint density at radius 2 is 1.39 bits per heavy atom. The second kappa shape index (κ2) is 7.96. The van der Waals surface area contributed by atoms with Crippen molar-refractivity contribution in [2.45, 2.75) is 0 Å². The summed E-state index contributed by atoms with van der Waals surface area (Å²) < 4.78 is 4.77. The number of esters is 1. The Bertz CT molecular complexity index is 1370. The number of aromatic nitrogens is 1. The van der Waals surface area contributed by atoms with Crippen LogP contribution >= 0.6 is 0 Å². The highest BCUT2D eigenvalue weighted by molar-refractivity contribution is 5.99. The number of methoxy groups -OCH3 is 1. The molecule has 0 bridgehead atoms. The van der Waals surface area contributed by atoms with Crippen molar-refractivity contribution in [3.63, 3.8) is 0 Å². The van der Waals surface area contributed by atoms with Crippen LogP contribution in [-0.4, -0.2) is 18.1 Å². The van der Waals surface area contributed by atoms with E-state index in [2.05, 4.69) is 77.8 Å². The lowest BCUT2D eigenvalue weighted by atomic mass is 9.96. The third-order valence-corrected chi connectivity index (χ3v) is 5.58. The zero-order valence-electron chi connectivity index (χ0n) is 17.1. The molecule has 0 atom stereocenters. The van der Waals surface area contributed by atoms with E-state index in [1.165, 1.54) is 29.0 Å². The van der Waals surface area contributed by atoms with Crippen LogP contribution in [0.2, 0.25) is 0 Å². The van der Waals surface area contributed by atoms with Gasteiger partial charge < -0.3 is 9.72 Å². The molecule has 5 aromatic rings. The average molecular weight is 403 g/mol. The highest BCUT2D eigenvalue weighted by Gasteiger charge is 2.09. The summed E-state index contributed by atoms with van der Waals surface area (Å²) in [7, 11) is 1.39. The lowest BCUT2D eigenvalue weighted by Gasteiger charge is -2.09. The fourth-order valence-electron chi connectivity index (χ4n) is 3.95. The van der Waals surface area contributed by atoms with Crippen molar-refractivity contribution >= 4 is 16.7 Å². The molecule has 0 fully saturated rings. The first kappa shape index (κ1) is 18.9. The molecule has 150 valence electrons. The molecule has 0 aliphatic rings. The molecular formula is C28H21NO2. The van der Waals surface area contributed by atoms with Crippen LogP contribution in [0.1, 0.15) is 10.4 Å². The molecular weight excluding hydrogens is 382 g/mol. The number of carbonyl (C=O) groups excluding carboxylic acids is 1. The molecule has 0 saturated heterocycles. The summed E-state index contributed by atoms with van der Waals surface area (Å²) in [5, 5.41) is 2.44. The summed E-state index contributed by atoms with van der Waals surface area (Å²) >= 11 is 0. The van der Waals surface area contributed by atoms with Crippen LogP contribution in [0.4, 0.5) is 0 Å². The van der Waals surface area contributed by atoms with E-state index in [0.29, 0.717) is 5.56 Å². The van der Waals surface area contributed by atoms with Gasteiger partial charge in [0, 0.05) is 11.4 Å². The van der Waals surface area contributed by atoms with Crippen molar-refractivity contribution in [2.24, 2.45) is 0 Å². The lowest BCUT2D eigenvalue weighted by Crippen LogP contribution is -2.00. The van der Waals surface area contributed by atoms with Gasteiger partial charge >= 0.3 is 5.97 Å². The van der Waals surface area contributed by atoms with Crippen molar-refractivity contribution in [3.05, 3.63) is 109 Å². The van der Waals surface area contributed by atoms with E-state index < -0.39 is 0 Å². The highest BCUT2D eigenvalue weighted by Crippen LogP contribution is 2.33. The standard InChI is InChI=1S/C28H21NO2/c1-31-28(30)22-13-11-21(12-14-22)26-16-17-27(29-26)23-15-10-20-8-5-9-24(25(20)18-23)19-6-3-2-4-7-19/h2-18,29H,1H3. The highest BCUT2D eigenvalue weighted by atomic mass is 16.5. The zero-order chi connectivity index (χ0) is 21.2. The van der Waals surface area contributed by atoms with Gasteiger partial charge in [0.05, 0.1) is 12.7 Å². The molecule has 4 aromatic carbocycles. The van der Waals surface area contributed by atoms with Gasteiger partial charge in [-0.3, -0.25) is 0 Å². The van der Waals surface area contributed by atoms with Crippen molar-refractivity contribution in [1.29, 1.82) is 0 Å². The van der Waals surface area contributed by atoms with Gasteiger partial charge in [-0.25, -0.2) is 4.79 Å². The predicted molar refractivity (Wildman–Crippen MR) is 126 cm³/mol. The van der Waals surface area contributed by atoms with Gasteiger partial charge in [-0.05, 0) is 63.4 Å². The van der Waals surface area contributed by atoms with E-state index in [1.54, 1.807) is 12.1 Å². The van der Waals surface area contributed by atoms with Gasteiger partial charge in [-0.15, -0.1) is 0 Å². The monoisotopic (exact) mass is 403 g/mol. The minimum absolute atomic E-state index is 0.330. The van der Waals surface area contributed by atoms with E-state index in [1.807, 2.05) is 18.2 Å². The van der Waals surface area contributed by atoms with E-state index in [-0.39, 0.29) is 5.97 Å². The average Bonchev–Trinajstić information content (AvgIpc) is 3.34. The Morgan fingerprint density at radius 1 is 0.677 bits per heavy atom. The quantitative estimate of drug-likeness (QED) is 0.330. The molecule has 1 aromatic heterocycles. The van der Waals surface area contributed by atoms with Gasteiger partial charge in [0.15, 0.2) is 0 Å². The minimum atomic E-state index is -0.330. The van der Waals surface area contributed by atoms with Crippen molar-refractivity contribution in [3.8, 4) is 33.6 Å². The van der Waals surface area contributed by atoms with Crippen molar-refractivity contribution in [1.82, 2.24) is 4.98 Å². The van der Waals surface area contributed by atoms with Crippen LogP contribution in [0, 0.1) is 0 Å². The van der Waals surface area contributed by atoms with Crippen LogP contribution in [-0.2, 0) is 4.74 Å². The van der Waals surface area contributed by atoms with Crippen LogP contribution in [0.15, 0.2) is 103 Å². The Morgan fingerprint density at radius 3 is 2.13 bits per heavy atom. The minimum Gasteiger partial charge on any atom is -0.465 e. The molecule has 3 heteroatoms. The van der Waals surface area contributed by atoms with Crippen molar-refractivity contribution in [2.75, 3.05) is 7.11 Å². The number of aromatic amines is 1. The van der Waals surface area contributed by atoms with Crippen LogP contribution in [0.3, 0.4) is 0 Å². The molecule has 0 aliphatic heterocycles. The first-order chi connectivity index (χ1) is 15.2. The van der Waals surface area contributed by atoms with E-state index in [0.717, 1.165) is 22.5 Å². The van der Waals surface area contributed by atoms with Gasteiger partial charge in [0.2, 0.25) is 0 Å². The number of rotatable bonds is 4. The number of nitrogens with one attached hydrogen (secondary N) is 1. The van der Waals surface area contributed by atoms with E-state index in [4.69, 9.17) is 4.74 Å². The number of hydrogen-bond acceptors (Lipinski definition) is 2. The SMILES string of the molecule is COC(=O)c1ccc(-c2ccc(-c3ccc4cccc(-c5ccccc5)c4c3)[nH]2)cc1. The maximum Gasteiger partial charge on any atom is 0.337 e. The third kappa shape index (κ3) is 3.62. The van der Waals surface area contributed by atoms with Gasteiger partial charge in [-0.1, -0.05) is 72.8 Å². The fourth-order valence-corrected chi connectivity index (χ4v) is 3.95. The maximum absolute atomic E-state index is 11.7. The molecule has 0 amide bonds. The van der Waals surface area contributed by atoms with Crippen LogP contribution < -0.4 is 0 Å². The van der Waals surface area contributed by atoms with E-state index >= 15 is 0 Å². The van der Waals surface area contributed by atoms with Gasteiger partial charge in [0.25, 0.3) is 0 Å². The molecule has 5 rings (SSSR count). The number of benzene rings is 4. The first-order valence-electron chi connectivity index (χ1n) is 10.2. The Labute approximate surface area is 180 Å². The molecule has 0 spiro atoms. The molecule has 1 heterocycles. The summed E-state index contributed by atoms with van der Waals surface area (Å²) in [5.74, 6) is -0.330. The normalized spacial score (nSPS) is 10.9. The van der Waals surface area contributed by atoms with Gasteiger partial charge in [-0.2, -0.15) is 0 Å². The summed E-state index contributed by atoms with van der Waals surface area (Å²) in [6.07, 6.45) is 0.